The highest BCUT2D eigenvalue weighted by molar-refractivity contribution is 6.31. The number of benzene rings is 1. The van der Waals surface area contributed by atoms with Crippen molar-refractivity contribution in [1.82, 2.24) is 15.0 Å². The number of aryl methyl sites for hydroxylation is 1. The number of carbonyl (C=O) groups is 2. The van der Waals surface area contributed by atoms with Gasteiger partial charge in [0, 0.05) is 54.0 Å². The summed E-state index contributed by atoms with van der Waals surface area (Å²) < 4.78 is 5.80. The first-order valence-corrected chi connectivity index (χ1v) is 11.6. The fourth-order valence-electron chi connectivity index (χ4n) is 5.05. The molecule has 1 aromatic carbocycles. The SMILES string of the molecule is O=C(O)c1ccc2c(c1)C(=O)OC21CCN(c2ccc(-c3nc4c([nH]3)CCC(Cl)=C4)cn2)CC1. The first-order valence-electron chi connectivity index (χ1n) is 11.2. The number of allylic oxidation sites excluding steroid dienone is 1. The van der Waals surface area contributed by atoms with Gasteiger partial charge in [0.1, 0.15) is 17.2 Å². The highest BCUT2D eigenvalue weighted by Crippen LogP contribution is 2.45. The Hall–Kier alpha value is -3.65. The molecular formula is C25H21ClN4O4. The molecule has 0 unspecified atom stereocenters. The van der Waals surface area contributed by atoms with Gasteiger partial charge in [0.05, 0.1) is 16.8 Å². The van der Waals surface area contributed by atoms with Crippen LogP contribution in [-0.4, -0.2) is 45.1 Å². The van der Waals surface area contributed by atoms with E-state index in [4.69, 9.17) is 16.3 Å². The Labute approximate surface area is 200 Å². The maximum absolute atomic E-state index is 12.5. The zero-order valence-corrected chi connectivity index (χ0v) is 18.9. The lowest BCUT2D eigenvalue weighted by Gasteiger charge is -2.39. The van der Waals surface area contributed by atoms with Gasteiger partial charge in [-0.2, -0.15) is 0 Å². The topological polar surface area (TPSA) is 108 Å². The van der Waals surface area contributed by atoms with Crippen LogP contribution >= 0.6 is 11.6 Å². The third-order valence-electron chi connectivity index (χ3n) is 6.90. The van der Waals surface area contributed by atoms with Crippen LogP contribution in [0, 0.1) is 0 Å². The number of fused-ring (bicyclic) bond motifs is 3. The molecule has 1 fully saturated rings. The summed E-state index contributed by atoms with van der Waals surface area (Å²) in [5, 5.41) is 10.1. The van der Waals surface area contributed by atoms with Gasteiger partial charge in [-0.15, -0.1) is 0 Å². The van der Waals surface area contributed by atoms with Gasteiger partial charge in [0.15, 0.2) is 0 Å². The van der Waals surface area contributed by atoms with Crippen molar-refractivity contribution in [2.75, 3.05) is 18.0 Å². The van der Waals surface area contributed by atoms with E-state index in [1.54, 1.807) is 6.07 Å². The number of rotatable bonds is 3. The maximum Gasteiger partial charge on any atom is 0.339 e. The molecular weight excluding hydrogens is 456 g/mol. The van der Waals surface area contributed by atoms with E-state index in [1.165, 1.54) is 12.1 Å². The zero-order valence-electron chi connectivity index (χ0n) is 18.2. The van der Waals surface area contributed by atoms with E-state index in [2.05, 4.69) is 19.9 Å². The standard InChI is InChI=1S/C25H21ClN4O4/c26-16-3-5-19-20(12-16)29-22(28-19)15-2-6-21(27-13-15)30-9-7-25(8-10-30)18-4-1-14(23(31)32)11-17(18)24(33)34-25/h1-2,4,6,11-13H,3,5,7-10H2,(H,28,29)(H,31,32). The number of pyridine rings is 1. The number of aromatic nitrogens is 3. The zero-order chi connectivity index (χ0) is 23.4. The average molecular weight is 477 g/mol. The lowest BCUT2D eigenvalue weighted by molar-refractivity contribution is -0.0211. The Bertz CT molecular complexity index is 1350. The number of aromatic carboxylic acids is 1. The summed E-state index contributed by atoms with van der Waals surface area (Å²) in [5.41, 5.74) is 3.40. The van der Waals surface area contributed by atoms with Gasteiger partial charge in [-0.25, -0.2) is 19.6 Å². The number of nitrogens with zero attached hydrogens (tertiary/aromatic N) is 3. The Kier molecular flexibility index (Phi) is 4.74. The molecule has 2 N–H and O–H groups in total. The second-order valence-electron chi connectivity index (χ2n) is 8.88. The summed E-state index contributed by atoms with van der Waals surface area (Å²) in [6.45, 7) is 1.33. The third-order valence-corrected chi connectivity index (χ3v) is 7.20. The fourth-order valence-corrected chi connectivity index (χ4v) is 5.24. The van der Waals surface area contributed by atoms with Crippen molar-refractivity contribution in [2.45, 2.75) is 31.3 Å². The van der Waals surface area contributed by atoms with Crippen molar-refractivity contribution >= 4 is 35.4 Å². The third kappa shape index (κ3) is 3.37. The number of aromatic amines is 1. The Balaban J connectivity index is 1.18. The van der Waals surface area contributed by atoms with Crippen molar-refractivity contribution in [1.29, 1.82) is 0 Å². The van der Waals surface area contributed by atoms with Gasteiger partial charge in [-0.1, -0.05) is 17.7 Å². The van der Waals surface area contributed by atoms with Crippen molar-refractivity contribution in [2.24, 2.45) is 0 Å². The predicted molar refractivity (Wildman–Crippen MR) is 126 cm³/mol. The number of carboxylic acid groups (broad SMARTS) is 1. The van der Waals surface area contributed by atoms with Crippen LogP contribution in [0.5, 0.6) is 0 Å². The van der Waals surface area contributed by atoms with Crippen LogP contribution in [0.3, 0.4) is 0 Å². The minimum atomic E-state index is -1.06. The van der Waals surface area contributed by atoms with E-state index < -0.39 is 17.5 Å². The average Bonchev–Trinajstić information content (AvgIpc) is 3.38. The largest absolute Gasteiger partial charge is 0.478 e. The minimum absolute atomic E-state index is 0.0889. The molecule has 34 heavy (non-hydrogen) atoms. The Morgan fingerprint density at radius 1 is 1.18 bits per heavy atom. The summed E-state index contributed by atoms with van der Waals surface area (Å²) in [6, 6.07) is 8.65. The number of hydrogen-bond acceptors (Lipinski definition) is 6. The normalized spacial score (nSPS) is 18.3. The van der Waals surface area contributed by atoms with Crippen molar-refractivity contribution in [3.63, 3.8) is 0 Å². The number of imidazole rings is 1. The van der Waals surface area contributed by atoms with E-state index in [0.29, 0.717) is 31.5 Å². The van der Waals surface area contributed by atoms with Crippen LogP contribution < -0.4 is 4.90 Å². The lowest BCUT2D eigenvalue weighted by atomic mass is 9.83. The van der Waals surface area contributed by atoms with Gasteiger partial charge in [0.2, 0.25) is 0 Å². The molecule has 0 bridgehead atoms. The number of halogens is 1. The molecule has 2 aliphatic heterocycles. The smallest absolute Gasteiger partial charge is 0.339 e. The molecule has 6 rings (SSSR count). The van der Waals surface area contributed by atoms with Crippen molar-refractivity contribution < 1.29 is 19.4 Å². The van der Waals surface area contributed by atoms with Crippen LogP contribution in [0.25, 0.3) is 17.5 Å². The van der Waals surface area contributed by atoms with Crippen molar-refractivity contribution in [3.05, 3.63) is 69.6 Å². The highest BCUT2D eigenvalue weighted by atomic mass is 35.5. The summed E-state index contributed by atoms with van der Waals surface area (Å²) in [5.74, 6) is 0.116. The van der Waals surface area contributed by atoms with Gasteiger partial charge >= 0.3 is 11.9 Å². The second kappa shape index (κ2) is 7.70. The number of esters is 1. The van der Waals surface area contributed by atoms with Crippen LogP contribution in [-0.2, 0) is 16.8 Å². The summed E-state index contributed by atoms with van der Waals surface area (Å²) in [6.07, 6.45) is 6.61. The monoisotopic (exact) mass is 476 g/mol. The van der Waals surface area contributed by atoms with E-state index in [0.717, 1.165) is 52.0 Å². The first-order chi connectivity index (χ1) is 16.4. The number of nitrogens with one attached hydrogen (secondary N) is 1. The molecule has 0 atom stereocenters. The summed E-state index contributed by atoms with van der Waals surface area (Å²) in [7, 11) is 0. The Morgan fingerprint density at radius 2 is 2.00 bits per heavy atom. The minimum Gasteiger partial charge on any atom is -0.478 e. The van der Waals surface area contributed by atoms with Crippen LogP contribution in [0.4, 0.5) is 5.82 Å². The van der Waals surface area contributed by atoms with Crippen molar-refractivity contribution in [3.8, 4) is 11.4 Å². The van der Waals surface area contributed by atoms with Crippen LogP contribution in [0.15, 0.2) is 41.6 Å². The lowest BCUT2D eigenvalue weighted by Crippen LogP contribution is -2.43. The maximum atomic E-state index is 12.5. The number of carbonyl (C=O) groups excluding carboxylic acids is 1. The predicted octanol–water partition coefficient (Wildman–Crippen LogP) is 4.36. The molecule has 172 valence electrons. The molecule has 4 heterocycles. The van der Waals surface area contributed by atoms with Gasteiger partial charge in [0.25, 0.3) is 0 Å². The van der Waals surface area contributed by atoms with Gasteiger partial charge < -0.3 is 19.7 Å². The highest BCUT2D eigenvalue weighted by Gasteiger charge is 2.47. The number of carboxylic acids is 1. The van der Waals surface area contributed by atoms with Crippen LogP contribution in [0.2, 0.25) is 0 Å². The number of ether oxygens (including phenoxy) is 1. The van der Waals surface area contributed by atoms with E-state index in [1.807, 2.05) is 24.4 Å². The molecule has 0 radical (unpaired) electrons. The molecule has 9 heteroatoms. The number of hydrogen-bond donors (Lipinski definition) is 2. The molecule has 1 aliphatic carbocycles. The van der Waals surface area contributed by atoms with Gasteiger partial charge in [-0.3, -0.25) is 0 Å². The number of H-pyrrole nitrogens is 1. The molecule has 8 nitrogen and oxygen atoms in total. The molecule has 1 spiro atoms. The molecule has 2 aromatic heterocycles. The molecule has 0 saturated carbocycles. The second-order valence-corrected chi connectivity index (χ2v) is 9.37. The molecule has 0 amide bonds. The van der Waals surface area contributed by atoms with E-state index in [-0.39, 0.29) is 5.56 Å². The molecule has 3 aromatic rings. The number of anilines is 1. The Morgan fingerprint density at radius 3 is 2.74 bits per heavy atom. The first kappa shape index (κ1) is 20.9. The quantitative estimate of drug-likeness (QED) is 0.540. The van der Waals surface area contributed by atoms with E-state index >= 15 is 0 Å². The molecule has 3 aliphatic rings. The van der Waals surface area contributed by atoms with Crippen LogP contribution in [0.1, 0.15) is 56.9 Å². The van der Waals surface area contributed by atoms with Gasteiger partial charge in [-0.05, 0) is 43.2 Å². The number of piperidine rings is 1. The van der Waals surface area contributed by atoms with E-state index in [9.17, 15) is 14.7 Å². The molecule has 1 saturated heterocycles. The summed E-state index contributed by atoms with van der Waals surface area (Å²) >= 11 is 6.14. The fraction of sp³-hybridized carbons (Fsp3) is 0.280. The summed E-state index contributed by atoms with van der Waals surface area (Å²) in [4.78, 5) is 38.6.